The third-order valence-corrected chi connectivity index (χ3v) is 5.21. The molecule has 1 aliphatic rings. The molecular weight excluding hydrogens is 276 g/mol. The highest BCUT2D eigenvalue weighted by Gasteiger charge is 2.34. The summed E-state index contributed by atoms with van der Waals surface area (Å²) in [5.74, 6) is 0.0662. The first-order valence-corrected chi connectivity index (χ1v) is 8.06. The second-order valence-corrected chi connectivity index (χ2v) is 6.58. The van der Waals surface area contributed by atoms with Gasteiger partial charge in [-0.2, -0.15) is 0 Å². The quantitative estimate of drug-likeness (QED) is 0.915. The van der Waals surface area contributed by atoms with Crippen molar-refractivity contribution in [1.82, 2.24) is 9.88 Å². The Kier molecular flexibility index (Phi) is 3.96. The van der Waals surface area contributed by atoms with Crippen LogP contribution >= 0.6 is 0 Å². The van der Waals surface area contributed by atoms with E-state index in [1.54, 1.807) is 0 Å². The summed E-state index contributed by atoms with van der Waals surface area (Å²) in [6, 6.07) is 8.10. The van der Waals surface area contributed by atoms with Crippen molar-refractivity contribution in [2.75, 3.05) is 19.7 Å². The fourth-order valence-corrected chi connectivity index (χ4v) is 3.33. The molecule has 118 valence electrons. The van der Waals surface area contributed by atoms with Crippen molar-refractivity contribution in [3.05, 3.63) is 35.5 Å². The number of carbonyl (C=O) groups is 1. The molecule has 2 N–H and O–H groups in total. The van der Waals surface area contributed by atoms with Gasteiger partial charge < -0.3 is 15.0 Å². The van der Waals surface area contributed by atoms with E-state index in [1.807, 2.05) is 24.0 Å². The summed E-state index contributed by atoms with van der Waals surface area (Å²) in [5, 5.41) is 10.7. The number of carbonyl (C=O) groups excluding carboxylic acids is 1. The molecule has 0 bridgehead atoms. The third-order valence-electron chi connectivity index (χ3n) is 5.21. The second kappa shape index (κ2) is 5.76. The maximum Gasteiger partial charge on any atom is 0.270 e. The number of nitrogens with zero attached hydrogens (tertiary/aromatic N) is 1. The summed E-state index contributed by atoms with van der Waals surface area (Å²) < 4.78 is 0. The first-order valence-electron chi connectivity index (χ1n) is 8.06. The fraction of sp³-hybridized carbons (Fsp3) is 0.500. The van der Waals surface area contributed by atoms with Gasteiger partial charge in [0, 0.05) is 30.6 Å². The smallest absolute Gasteiger partial charge is 0.270 e. The zero-order chi connectivity index (χ0) is 15.7. The lowest BCUT2D eigenvalue weighted by molar-refractivity contribution is 0.0335. The number of aliphatic hydroxyl groups is 1. The number of aryl methyl sites for hydroxylation is 1. The van der Waals surface area contributed by atoms with Crippen LogP contribution in [0.2, 0.25) is 0 Å². The Bertz CT molecular complexity index is 675. The molecule has 22 heavy (non-hydrogen) atoms. The van der Waals surface area contributed by atoms with E-state index in [9.17, 15) is 9.90 Å². The summed E-state index contributed by atoms with van der Waals surface area (Å²) in [4.78, 5) is 17.8. The topological polar surface area (TPSA) is 56.3 Å². The number of nitrogens with one attached hydrogen (secondary N) is 1. The van der Waals surface area contributed by atoms with Crippen LogP contribution in [-0.2, 0) is 0 Å². The van der Waals surface area contributed by atoms with Crippen molar-refractivity contribution in [3.8, 4) is 0 Å². The SMILES string of the molecule is CCC1(CO)CCN(C(=O)c2cc3ccc(C)cc3[nH]2)CC1. The zero-order valence-electron chi connectivity index (χ0n) is 13.4. The summed E-state index contributed by atoms with van der Waals surface area (Å²) >= 11 is 0. The minimum absolute atomic E-state index is 0.00827. The molecule has 4 heteroatoms. The molecular formula is C18H24N2O2. The van der Waals surface area contributed by atoms with E-state index in [0.717, 1.165) is 43.3 Å². The van der Waals surface area contributed by atoms with Gasteiger partial charge in [0.1, 0.15) is 5.69 Å². The molecule has 1 aromatic carbocycles. The van der Waals surface area contributed by atoms with Crippen LogP contribution in [0.3, 0.4) is 0 Å². The Balaban J connectivity index is 1.76. The molecule has 1 aliphatic heterocycles. The van der Waals surface area contributed by atoms with Gasteiger partial charge in [-0.15, -0.1) is 0 Å². The van der Waals surface area contributed by atoms with E-state index < -0.39 is 0 Å². The maximum absolute atomic E-state index is 12.7. The van der Waals surface area contributed by atoms with Gasteiger partial charge in [0.2, 0.25) is 0 Å². The summed E-state index contributed by atoms with van der Waals surface area (Å²) in [6.07, 6.45) is 2.73. The minimum Gasteiger partial charge on any atom is -0.396 e. The number of rotatable bonds is 3. The van der Waals surface area contributed by atoms with Gasteiger partial charge in [-0.3, -0.25) is 4.79 Å². The van der Waals surface area contributed by atoms with Crippen LogP contribution in [0.4, 0.5) is 0 Å². The van der Waals surface area contributed by atoms with Crippen molar-refractivity contribution in [2.24, 2.45) is 5.41 Å². The van der Waals surface area contributed by atoms with E-state index in [4.69, 9.17) is 0 Å². The van der Waals surface area contributed by atoms with Crippen molar-refractivity contribution in [3.63, 3.8) is 0 Å². The average molecular weight is 300 g/mol. The maximum atomic E-state index is 12.7. The molecule has 1 amide bonds. The molecule has 0 spiro atoms. The Morgan fingerprint density at radius 1 is 1.32 bits per heavy atom. The van der Waals surface area contributed by atoms with Crippen LogP contribution in [0.25, 0.3) is 10.9 Å². The lowest BCUT2D eigenvalue weighted by Crippen LogP contribution is -2.44. The Morgan fingerprint density at radius 3 is 2.68 bits per heavy atom. The van der Waals surface area contributed by atoms with Crippen molar-refractivity contribution >= 4 is 16.8 Å². The van der Waals surface area contributed by atoms with Crippen molar-refractivity contribution < 1.29 is 9.90 Å². The molecule has 0 atom stereocenters. The van der Waals surface area contributed by atoms with Crippen LogP contribution < -0.4 is 0 Å². The number of amides is 1. The van der Waals surface area contributed by atoms with Gasteiger partial charge in [0.25, 0.3) is 5.91 Å². The lowest BCUT2D eigenvalue weighted by Gasteiger charge is -2.40. The molecule has 4 nitrogen and oxygen atoms in total. The van der Waals surface area contributed by atoms with Gasteiger partial charge in [-0.25, -0.2) is 0 Å². The van der Waals surface area contributed by atoms with E-state index in [0.29, 0.717) is 5.69 Å². The van der Waals surface area contributed by atoms with Gasteiger partial charge in [-0.05, 0) is 49.3 Å². The molecule has 3 rings (SSSR count). The standard InChI is InChI=1S/C18H24N2O2/c1-3-18(12-21)6-8-20(9-7-18)17(22)16-11-14-5-4-13(2)10-15(14)19-16/h4-5,10-11,19,21H,3,6-9,12H2,1-2H3. The van der Waals surface area contributed by atoms with Crippen LogP contribution in [0.5, 0.6) is 0 Å². The fourth-order valence-electron chi connectivity index (χ4n) is 3.33. The monoisotopic (exact) mass is 300 g/mol. The third kappa shape index (κ3) is 2.63. The number of aromatic amines is 1. The van der Waals surface area contributed by atoms with E-state index >= 15 is 0 Å². The van der Waals surface area contributed by atoms with Gasteiger partial charge in [0.15, 0.2) is 0 Å². The molecule has 0 saturated carbocycles. The van der Waals surface area contributed by atoms with Crippen LogP contribution in [0.1, 0.15) is 42.2 Å². The predicted molar refractivity (Wildman–Crippen MR) is 88.0 cm³/mol. The number of H-pyrrole nitrogens is 1. The van der Waals surface area contributed by atoms with Gasteiger partial charge in [-0.1, -0.05) is 19.1 Å². The number of fused-ring (bicyclic) bond motifs is 1. The van der Waals surface area contributed by atoms with E-state index in [-0.39, 0.29) is 17.9 Å². The normalized spacial score (nSPS) is 17.9. The van der Waals surface area contributed by atoms with E-state index in [1.165, 1.54) is 5.56 Å². The second-order valence-electron chi connectivity index (χ2n) is 6.58. The number of hydrogen-bond acceptors (Lipinski definition) is 2. The molecule has 2 heterocycles. The predicted octanol–water partition coefficient (Wildman–Crippen LogP) is 3.10. The highest BCUT2D eigenvalue weighted by atomic mass is 16.3. The Labute approximate surface area is 131 Å². The molecule has 0 unspecified atom stereocenters. The first-order chi connectivity index (χ1) is 10.6. The molecule has 0 aliphatic carbocycles. The van der Waals surface area contributed by atoms with Gasteiger partial charge in [0.05, 0.1) is 0 Å². The number of hydrogen-bond donors (Lipinski definition) is 2. The van der Waals surface area contributed by atoms with Crippen molar-refractivity contribution in [2.45, 2.75) is 33.1 Å². The summed E-state index contributed by atoms with van der Waals surface area (Å²) in [5.41, 5.74) is 2.86. The van der Waals surface area contributed by atoms with Gasteiger partial charge >= 0.3 is 0 Å². The number of likely N-dealkylation sites (tertiary alicyclic amines) is 1. The van der Waals surface area contributed by atoms with E-state index in [2.05, 4.69) is 24.0 Å². The van der Waals surface area contributed by atoms with Crippen molar-refractivity contribution in [1.29, 1.82) is 0 Å². The Hall–Kier alpha value is -1.81. The highest BCUT2D eigenvalue weighted by Crippen LogP contribution is 2.34. The highest BCUT2D eigenvalue weighted by molar-refractivity contribution is 5.98. The number of aromatic nitrogens is 1. The number of piperidine rings is 1. The summed E-state index contributed by atoms with van der Waals surface area (Å²) in [6.45, 7) is 5.83. The first kappa shape index (κ1) is 15.1. The van der Waals surface area contributed by atoms with Crippen LogP contribution in [-0.4, -0.2) is 40.6 Å². The molecule has 1 aromatic heterocycles. The minimum atomic E-state index is 0.00827. The number of benzene rings is 1. The van der Waals surface area contributed by atoms with Crippen LogP contribution in [0, 0.1) is 12.3 Å². The molecule has 1 saturated heterocycles. The molecule has 2 aromatic rings. The van der Waals surface area contributed by atoms with Crippen LogP contribution in [0.15, 0.2) is 24.3 Å². The lowest BCUT2D eigenvalue weighted by atomic mass is 9.77. The average Bonchev–Trinajstić information content (AvgIpc) is 2.97. The molecule has 0 radical (unpaired) electrons. The summed E-state index contributed by atoms with van der Waals surface area (Å²) in [7, 11) is 0. The molecule has 1 fully saturated rings. The number of aliphatic hydroxyl groups excluding tert-OH is 1. The zero-order valence-corrected chi connectivity index (χ0v) is 13.4. The largest absolute Gasteiger partial charge is 0.396 e. The Morgan fingerprint density at radius 2 is 2.05 bits per heavy atom.